The van der Waals surface area contributed by atoms with Crippen molar-refractivity contribution in [3.05, 3.63) is 91.0 Å². The Morgan fingerprint density at radius 2 is 1.19 bits per heavy atom. The minimum atomic E-state index is 0.359. The van der Waals surface area contributed by atoms with Crippen molar-refractivity contribution in [1.82, 2.24) is 19.6 Å². The van der Waals surface area contributed by atoms with Gasteiger partial charge in [0.1, 0.15) is 0 Å². The lowest BCUT2D eigenvalue weighted by atomic mass is 10.2. The summed E-state index contributed by atoms with van der Waals surface area (Å²) in [5.41, 5.74) is 1.95. The van der Waals surface area contributed by atoms with Crippen molar-refractivity contribution in [2.45, 2.75) is 13.1 Å². The van der Waals surface area contributed by atoms with E-state index in [4.69, 9.17) is 35.4 Å². The van der Waals surface area contributed by atoms with E-state index in [1.54, 1.807) is 9.36 Å². The summed E-state index contributed by atoms with van der Waals surface area (Å²) in [6.45, 7) is 1.08. The number of halogens is 4. The average molecular weight is 615 g/mol. The number of rotatable bonds is 6. The molecule has 2 N–H and O–H groups in total. The summed E-state index contributed by atoms with van der Waals surface area (Å²) in [6, 6.07) is 15.3. The molecule has 0 saturated carbocycles. The Balaban J connectivity index is 1.41. The van der Waals surface area contributed by atoms with E-state index in [1.165, 1.54) is 0 Å². The maximum atomic E-state index is 6.25. The minimum absolute atomic E-state index is 0.359. The Hall–Kier alpha value is -1.91. The van der Waals surface area contributed by atoms with E-state index in [0.717, 1.165) is 20.1 Å². The van der Waals surface area contributed by atoms with Gasteiger partial charge in [0.25, 0.3) is 0 Å². The molecule has 0 saturated heterocycles. The van der Waals surface area contributed by atoms with Gasteiger partial charge in [0.2, 0.25) is 0 Å². The second-order valence-corrected chi connectivity index (χ2v) is 9.74. The zero-order chi connectivity index (χ0) is 22.7. The predicted molar refractivity (Wildman–Crippen MR) is 141 cm³/mol. The van der Waals surface area contributed by atoms with Crippen LogP contribution >= 0.6 is 67.3 Å². The first-order chi connectivity index (χ1) is 15.4. The Morgan fingerprint density at radius 3 is 1.59 bits per heavy atom. The fourth-order valence-electron chi connectivity index (χ4n) is 2.97. The molecule has 4 rings (SSSR count). The summed E-state index contributed by atoms with van der Waals surface area (Å²) in [5, 5.41) is 17.0. The third-order valence-electron chi connectivity index (χ3n) is 4.48. The lowest BCUT2D eigenvalue weighted by Crippen LogP contribution is -2.20. The summed E-state index contributed by atoms with van der Waals surface area (Å²) in [7, 11) is 0. The fourth-order valence-corrected chi connectivity index (χ4v) is 4.39. The molecular weight excluding hydrogens is 599 g/mol. The largest absolute Gasteiger partial charge is 0.315 e. The molecule has 164 valence electrons. The second kappa shape index (κ2) is 10.4. The van der Waals surface area contributed by atoms with Crippen LogP contribution in [-0.2, 0) is 13.1 Å². The minimum Gasteiger partial charge on any atom is -0.315 e. The van der Waals surface area contributed by atoms with Gasteiger partial charge >= 0.3 is 0 Å². The molecule has 6 nitrogen and oxygen atoms in total. The summed E-state index contributed by atoms with van der Waals surface area (Å²) < 4.78 is 5.11. The molecule has 0 radical (unpaired) electrons. The lowest BCUT2D eigenvalue weighted by Gasteiger charge is -2.08. The highest BCUT2D eigenvalue weighted by Gasteiger charge is 2.13. The summed E-state index contributed by atoms with van der Waals surface area (Å²) in [4.78, 5) is 0. The van der Waals surface area contributed by atoms with Crippen molar-refractivity contribution in [2.24, 2.45) is 0 Å². The summed E-state index contributed by atoms with van der Waals surface area (Å²) in [5.74, 6) is 1.17. The van der Waals surface area contributed by atoms with Gasteiger partial charge in [-0.05, 0) is 67.3 Å². The van der Waals surface area contributed by atoms with Crippen molar-refractivity contribution in [2.75, 3.05) is 10.6 Å². The number of nitrogens with one attached hydrogen (secondary N) is 2. The molecule has 32 heavy (non-hydrogen) atoms. The quantitative estimate of drug-likeness (QED) is 0.234. The third kappa shape index (κ3) is 5.71. The first-order valence-electron chi connectivity index (χ1n) is 9.40. The van der Waals surface area contributed by atoms with Gasteiger partial charge in [-0.25, -0.2) is 0 Å². The van der Waals surface area contributed by atoms with Crippen molar-refractivity contribution < 1.29 is 0 Å². The summed E-state index contributed by atoms with van der Waals surface area (Å²) in [6.07, 6.45) is 3.73. The smallest absolute Gasteiger partial charge is 0.177 e. The van der Waals surface area contributed by atoms with Gasteiger partial charge in [-0.15, -0.1) is 0 Å². The number of hydrogen-bond acceptors (Lipinski definition) is 3. The van der Waals surface area contributed by atoms with Crippen LogP contribution in [-0.4, -0.2) is 24.7 Å². The standard InChI is InChI=1S/C21H16Br2Cl2N6S/c22-15-11-30(9-13-5-1-3-7-17(13)24)28-19(15)26-21(32)27-20-16(23)12-31(29-20)10-14-6-2-4-8-18(14)25/h1-8,11-12H,9-10H2,(H2,26,27,28,29,32). The zero-order valence-electron chi connectivity index (χ0n) is 16.4. The molecule has 11 heteroatoms. The number of thiocarbonyl (C=S) groups is 1. The Bertz CT molecular complexity index is 1180. The van der Waals surface area contributed by atoms with E-state index >= 15 is 0 Å². The number of hydrogen-bond donors (Lipinski definition) is 2. The maximum absolute atomic E-state index is 6.25. The van der Waals surface area contributed by atoms with Crippen LogP contribution < -0.4 is 10.6 Å². The Kier molecular flexibility index (Phi) is 7.52. The molecule has 0 amide bonds. The lowest BCUT2D eigenvalue weighted by molar-refractivity contribution is 0.689. The van der Waals surface area contributed by atoms with Gasteiger partial charge in [0.05, 0.1) is 22.0 Å². The van der Waals surface area contributed by atoms with Crippen LogP contribution in [0.25, 0.3) is 0 Å². The molecule has 0 bridgehead atoms. The van der Waals surface area contributed by atoms with Gasteiger partial charge in [-0.3, -0.25) is 9.36 Å². The monoisotopic (exact) mass is 612 g/mol. The molecule has 2 aromatic carbocycles. The van der Waals surface area contributed by atoms with E-state index in [0.29, 0.717) is 39.9 Å². The Labute approximate surface area is 217 Å². The first kappa shape index (κ1) is 23.3. The highest BCUT2D eigenvalue weighted by Crippen LogP contribution is 2.25. The molecule has 0 aliphatic heterocycles. The van der Waals surface area contributed by atoms with Crippen LogP contribution in [0.2, 0.25) is 10.0 Å². The fraction of sp³-hybridized carbons (Fsp3) is 0.0952. The van der Waals surface area contributed by atoms with Crippen LogP contribution in [0.5, 0.6) is 0 Å². The van der Waals surface area contributed by atoms with E-state index in [-0.39, 0.29) is 0 Å². The van der Waals surface area contributed by atoms with E-state index in [2.05, 4.69) is 52.7 Å². The van der Waals surface area contributed by atoms with Crippen LogP contribution in [0.4, 0.5) is 11.6 Å². The van der Waals surface area contributed by atoms with E-state index in [1.807, 2.05) is 60.9 Å². The van der Waals surface area contributed by atoms with Crippen molar-refractivity contribution >= 4 is 84.0 Å². The number of aromatic nitrogens is 4. The van der Waals surface area contributed by atoms with Gasteiger partial charge in [0.15, 0.2) is 16.7 Å². The molecule has 0 fully saturated rings. The number of anilines is 2. The van der Waals surface area contributed by atoms with Gasteiger partial charge < -0.3 is 10.6 Å². The summed E-state index contributed by atoms with van der Waals surface area (Å²) >= 11 is 25.0. The van der Waals surface area contributed by atoms with E-state index in [9.17, 15) is 0 Å². The topological polar surface area (TPSA) is 59.7 Å². The molecule has 0 atom stereocenters. The zero-order valence-corrected chi connectivity index (χ0v) is 21.9. The molecule has 2 aromatic heterocycles. The third-order valence-corrected chi connectivity index (χ3v) is 6.58. The molecule has 0 aliphatic rings. The highest BCUT2D eigenvalue weighted by atomic mass is 79.9. The Morgan fingerprint density at radius 1 is 0.781 bits per heavy atom. The van der Waals surface area contributed by atoms with Crippen LogP contribution in [0, 0.1) is 0 Å². The van der Waals surface area contributed by atoms with Gasteiger partial charge in [0, 0.05) is 22.4 Å². The molecular formula is C21H16Br2Cl2N6S. The predicted octanol–water partition coefficient (Wildman–Crippen LogP) is 6.82. The SMILES string of the molecule is S=C(Nc1nn(Cc2ccccc2Cl)cc1Br)Nc1nn(Cc2ccccc2Cl)cc1Br. The van der Waals surface area contributed by atoms with Gasteiger partial charge in [-0.2, -0.15) is 10.2 Å². The first-order valence-corrected chi connectivity index (χ1v) is 12.1. The molecule has 0 unspecified atom stereocenters. The second-order valence-electron chi connectivity index (χ2n) is 6.81. The van der Waals surface area contributed by atoms with Crippen molar-refractivity contribution in [3.63, 3.8) is 0 Å². The molecule has 0 aliphatic carbocycles. The molecule has 2 heterocycles. The highest BCUT2D eigenvalue weighted by molar-refractivity contribution is 9.11. The average Bonchev–Trinajstić information content (AvgIpc) is 3.26. The molecule has 4 aromatic rings. The number of benzene rings is 2. The maximum Gasteiger partial charge on any atom is 0.177 e. The van der Waals surface area contributed by atoms with Gasteiger partial charge in [-0.1, -0.05) is 59.6 Å². The van der Waals surface area contributed by atoms with Crippen molar-refractivity contribution in [3.8, 4) is 0 Å². The molecule has 0 spiro atoms. The number of nitrogens with zero attached hydrogens (tertiary/aromatic N) is 4. The van der Waals surface area contributed by atoms with Crippen molar-refractivity contribution in [1.29, 1.82) is 0 Å². The van der Waals surface area contributed by atoms with E-state index < -0.39 is 0 Å². The van der Waals surface area contributed by atoms with Crippen LogP contribution in [0.15, 0.2) is 69.9 Å². The van der Waals surface area contributed by atoms with Crippen LogP contribution in [0.3, 0.4) is 0 Å². The van der Waals surface area contributed by atoms with Crippen LogP contribution in [0.1, 0.15) is 11.1 Å². The normalized spacial score (nSPS) is 10.9.